The molecule has 1 amide bonds. The van der Waals surface area contributed by atoms with E-state index in [1.807, 2.05) is 36.4 Å². The van der Waals surface area contributed by atoms with Crippen LogP contribution in [0.2, 0.25) is 0 Å². The summed E-state index contributed by atoms with van der Waals surface area (Å²) in [7, 11) is 1.65. The van der Waals surface area contributed by atoms with E-state index in [0.717, 1.165) is 48.8 Å². The van der Waals surface area contributed by atoms with Crippen molar-refractivity contribution >= 4 is 11.7 Å². The lowest BCUT2D eigenvalue weighted by Gasteiger charge is -2.33. The van der Waals surface area contributed by atoms with Gasteiger partial charge in [-0.25, -0.2) is 4.98 Å². The van der Waals surface area contributed by atoms with Gasteiger partial charge in [0.15, 0.2) is 5.82 Å². The molecule has 8 heteroatoms. The Hall–Kier alpha value is -3.55. The average Bonchev–Trinajstić information content (AvgIpc) is 2.83. The van der Waals surface area contributed by atoms with Crippen LogP contribution in [0.3, 0.4) is 0 Å². The molecule has 3 heterocycles. The fourth-order valence-corrected chi connectivity index (χ4v) is 3.68. The molecule has 1 aliphatic heterocycles. The molecule has 0 spiro atoms. The third kappa shape index (κ3) is 4.53. The molecular weight excluding hydrogens is 380 g/mol. The van der Waals surface area contributed by atoms with Crippen molar-refractivity contribution in [2.45, 2.75) is 12.8 Å². The van der Waals surface area contributed by atoms with E-state index in [1.54, 1.807) is 13.3 Å². The number of ether oxygens (including phenoxy) is 1. The monoisotopic (exact) mass is 404 g/mol. The van der Waals surface area contributed by atoms with E-state index in [4.69, 9.17) is 4.74 Å². The van der Waals surface area contributed by atoms with Gasteiger partial charge in [-0.15, -0.1) is 10.2 Å². The number of carbonyl (C=O) groups is 1. The van der Waals surface area contributed by atoms with Gasteiger partial charge in [0.1, 0.15) is 11.4 Å². The summed E-state index contributed by atoms with van der Waals surface area (Å²) >= 11 is 0. The van der Waals surface area contributed by atoms with E-state index in [1.165, 1.54) is 12.4 Å². The predicted octanol–water partition coefficient (Wildman–Crippen LogP) is 2.59. The van der Waals surface area contributed by atoms with Gasteiger partial charge in [0.2, 0.25) is 0 Å². The van der Waals surface area contributed by atoms with Crippen LogP contribution in [0.25, 0.3) is 11.3 Å². The number of hydrogen-bond acceptors (Lipinski definition) is 7. The van der Waals surface area contributed by atoms with Crippen LogP contribution in [-0.4, -0.2) is 52.8 Å². The van der Waals surface area contributed by atoms with Crippen molar-refractivity contribution in [2.24, 2.45) is 5.92 Å². The molecule has 1 aromatic carbocycles. The summed E-state index contributed by atoms with van der Waals surface area (Å²) in [6.45, 7) is 2.35. The largest absolute Gasteiger partial charge is 0.496 e. The van der Waals surface area contributed by atoms with Gasteiger partial charge in [-0.1, -0.05) is 12.1 Å². The molecule has 4 rings (SSSR count). The summed E-state index contributed by atoms with van der Waals surface area (Å²) in [5.74, 6) is 1.77. The molecule has 0 aliphatic carbocycles. The number of aromatic nitrogens is 4. The maximum absolute atomic E-state index is 12.2. The zero-order valence-electron chi connectivity index (χ0n) is 16.9. The third-order valence-corrected chi connectivity index (χ3v) is 5.22. The SMILES string of the molecule is COc1ccccc1-c1ccc(N2CCC[C@H](CNC(=O)c3cnccn3)C2)nn1. The minimum atomic E-state index is -0.193. The minimum absolute atomic E-state index is 0.193. The maximum Gasteiger partial charge on any atom is 0.271 e. The number of carbonyl (C=O) groups excluding carboxylic acids is 1. The molecule has 154 valence electrons. The van der Waals surface area contributed by atoms with Crippen molar-refractivity contribution in [3.63, 3.8) is 0 Å². The molecule has 1 aliphatic rings. The van der Waals surface area contributed by atoms with E-state index in [-0.39, 0.29) is 5.91 Å². The van der Waals surface area contributed by atoms with Gasteiger partial charge in [-0.05, 0) is 43.0 Å². The number of nitrogens with zero attached hydrogens (tertiary/aromatic N) is 5. The fraction of sp³-hybridized carbons (Fsp3) is 0.318. The number of benzene rings is 1. The molecule has 0 saturated carbocycles. The van der Waals surface area contributed by atoms with Crippen LogP contribution in [-0.2, 0) is 0 Å². The van der Waals surface area contributed by atoms with Crippen LogP contribution < -0.4 is 15.0 Å². The van der Waals surface area contributed by atoms with Crippen molar-refractivity contribution in [1.82, 2.24) is 25.5 Å². The Labute approximate surface area is 175 Å². The second kappa shape index (κ2) is 9.30. The van der Waals surface area contributed by atoms with Crippen molar-refractivity contribution in [3.8, 4) is 17.0 Å². The van der Waals surface area contributed by atoms with Gasteiger partial charge >= 0.3 is 0 Å². The van der Waals surface area contributed by atoms with Gasteiger partial charge in [0.05, 0.1) is 19.0 Å². The first-order valence-electron chi connectivity index (χ1n) is 10.0. The molecule has 0 unspecified atom stereocenters. The molecule has 3 aromatic rings. The standard InChI is InChI=1S/C22H24N6O2/c1-30-20-7-3-2-6-17(20)18-8-9-21(27-26-18)28-12-4-5-16(15-28)13-25-22(29)19-14-23-10-11-24-19/h2-3,6-11,14,16H,4-5,12-13,15H2,1H3,(H,25,29)/t16-/m1/s1. The smallest absolute Gasteiger partial charge is 0.271 e. The number of para-hydroxylation sites is 1. The van der Waals surface area contributed by atoms with Crippen molar-refractivity contribution in [2.75, 3.05) is 31.6 Å². The molecule has 30 heavy (non-hydrogen) atoms. The number of nitrogens with one attached hydrogen (secondary N) is 1. The summed E-state index contributed by atoms with van der Waals surface area (Å²) in [6.07, 6.45) is 6.65. The van der Waals surface area contributed by atoms with E-state index in [0.29, 0.717) is 18.2 Å². The van der Waals surface area contributed by atoms with E-state index in [2.05, 4.69) is 30.4 Å². The van der Waals surface area contributed by atoms with Gasteiger partial charge in [-0.2, -0.15) is 0 Å². The number of amides is 1. The second-order valence-corrected chi connectivity index (χ2v) is 7.23. The van der Waals surface area contributed by atoms with Gasteiger partial charge in [0, 0.05) is 37.6 Å². The van der Waals surface area contributed by atoms with Crippen LogP contribution in [0.5, 0.6) is 5.75 Å². The number of hydrogen-bond donors (Lipinski definition) is 1. The Balaban J connectivity index is 1.38. The number of methoxy groups -OCH3 is 1. The summed E-state index contributed by atoms with van der Waals surface area (Å²) < 4.78 is 5.42. The highest BCUT2D eigenvalue weighted by molar-refractivity contribution is 5.91. The number of anilines is 1. The molecule has 0 radical (unpaired) electrons. The molecular formula is C22H24N6O2. The lowest BCUT2D eigenvalue weighted by molar-refractivity contribution is 0.0940. The molecule has 2 aromatic heterocycles. The van der Waals surface area contributed by atoms with Gasteiger partial charge < -0.3 is 15.0 Å². The van der Waals surface area contributed by atoms with Crippen LogP contribution in [0.1, 0.15) is 23.3 Å². The summed E-state index contributed by atoms with van der Waals surface area (Å²) in [5.41, 5.74) is 2.03. The Morgan fingerprint density at radius 1 is 1.20 bits per heavy atom. The lowest BCUT2D eigenvalue weighted by Crippen LogP contribution is -2.41. The second-order valence-electron chi connectivity index (χ2n) is 7.23. The Kier molecular flexibility index (Phi) is 6.12. The Bertz CT molecular complexity index is 980. The van der Waals surface area contributed by atoms with Crippen LogP contribution >= 0.6 is 0 Å². The topological polar surface area (TPSA) is 93.1 Å². The van der Waals surface area contributed by atoms with Crippen molar-refractivity contribution in [1.29, 1.82) is 0 Å². The summed E-state index contributed by atoms with van der Waals surface area (Å²) in [4.78, 5) is 22.4. The summed E-state index contributed by atoms with van der Waals surface area (Å²) in [6, 6.07) is 11.7. The molecule has 8 nitrogen and oxygen atoms in total. The van der Waals surface area contributed by atoms with Crippen LogP contribution in [0, 0.1) is 5.92 Å². The number of piperidine rings is 1. The highest BCUT2D eigenvalue weighted by Crippen LogP contribution is 2.29. The predicted molar refractivity (Wildman–Crippen MR) is 113 cm³/mol. The molecule has 1 fully saturated rings. The first kappa shape index (κ1) is 19.8. The van der Waals surface area contributed by atoms with Crippen molar-refractivity contribution in [3.05, 3.63) is 60.7 Å². The van der Waals surface area contributed by atoms with Gasteiger partial charge in [0.25, 0.3) is 5.91 Å². The molecule has 0 bridgehead atoms. The van der Waals surface area contributed by atoms with E-state index >= 15 is 0 Å². The zero-order valence-corrected chi connectivity index (χ0v) is 16.9. The van der Waals surface area contributed by atoms with Crippen LogP contribution in [0.4, 0.5) is 5.82 Å². The van der Waals surface area contributed by atoms with E-state index in [9.17, 15) is 4.79 Å². The Morgan fingerprint density at radius 2 is 2.10 bits per heavy atom. The first-order chi connectivity index (χ1) is 14.7. The van der Waals surface area contributed by atoms with Crippen LogP contribution in [0.15, 0.2) is 55.0 Å². The fourth-order valence-electron chi connectivity index (χ4n) is 3.68. The lowest BCUT2D eigenvalue weighted by atomic mass is 9.98. The minimum Gasteiger partial charge on any atom is -0.496 e. The summed E-state index contributed by atoms with van der Waals surface area (Å²) in [5, 5.41) is 11.8. The van der Waals surface area contributed by atoms with Crippen molar-refractivity contribution < 1.29 is 9.53 Å². The molecule has 1 atom stereocenters. The highest BCUT2D eigenvalue weighted by atomic mass is 16.5. The Morgan fingerprint density at radius 3 is 2.87 bits per heavy atom. The first-order valence-corrected chi connectivity index (χ1v) is 10.0. The quantitative estimate of drug-likeness (QED) is 0.675. The maximum atomic E-state index is 12.2. The normalized spacial score (nSPS) is 16.2. The third-order valence-electron chi connectivity index (χ3n) is 5.22. The molecule has 1 saturated heterocycles. The number of rotatable bonds is 6. The average molecular weight is 404 g/mol. The highest BCUT2D eigenvalue weighted by Gasteiger charge is 2.22. The van der Waals surface area contributed by atoms with Gasteiger partial charge in [-0.3, -0.25) is 9.78 Å². The molecule has 1 N–H and O–H groups in total. The zero-order chi connectivity index (χ0) is 20.8. The van der Waals surface area contributed by atoms with E-state index < -0.39 is 0 Å².